The summed E-state index contributed by atoms with van der Waals surface area (Å²) in [6, 6.07) is 15.2. The van der Waals surface area contributed by atoms with Crippen molar-refractivity contribution >= 4 is 29.3 Å². The van der Waals surface area contributed by atoms with Crippen LogP contribution in [0.4, 0.5) is 11.4 Å². The Hall–Kier alpha value is -4.91. The Kier molecular flexibility index (Phi) is 7.86. The van der Waals surface area contributed by atoms with Gasteiger partial charge in [-0.05, 0) is 68.3 Å². The molecule has 0 saturated heterocycles. The van der Waals surface area contributed by atoms with Gasteiger partial charge in [0, 0.05) is 29.2 Å². The third-order valence-corrected chi connectivity index (χ3v) is 5.48. The molecule has 2 aromatic carbocycles. The van der Waals surface area contributed by atoms with Crippen LogP contribution in [0, 0.1) is 42.2 Å². The van der Waals surface area contributed by atoms with E-state index in [9.17, 15) is 25.0 Å². The van der Waals surface area contributed by atoms with E-state index in [0.29, 0.717) is 11.1 Å². The topological polar surface area (TPSA) is 136 Å². The first-order chi connectivity index (χ1) is 17.1. The summed E-state index contributed by atoms with van der Waals surface area (Å²) in [6.07, 6.45) is 1.41. The molecule has 1 heterocycles. The van der Waals surface area contributed by atoms with Crippen LogP contribution in [0.25, 0.3) is 11.8 Å². The smallest absolute Gasteiger partial charge is 0.349 e. The minimum absolute atomic E-state index is 0.185. The zero-order chi connectivity index (χ0) is 26.4. The number of aromatic nitrogens is 1. The van der Waals surface area contributed by atoms with Gasteiger partial charge in [0.05, 0.1) is 17.7 Å². The predicted molar refractivity (Wildman–Crippen MR) is 133 cm³/mol. The van der Waals surface area contributed by atoms with Crippen molar-refractivity contribution in [2.75, 3.05) is 19.0 Å². The van der Waals surface area contributed by atoms with Crippen LogP contribution in [0.5, 0.6) is 5.75 Å². The van der Waals surface area contributed by atoms with E-state index < -0.39 is 23.4 Å². The molecule has 3 rings (SSSR count). The summed E-state index contributed by atoms with van der Waals surface area (Å²) >= 11 is 0. The second-order valence-electron chi connectivity index (χ2n) is 7.91. The largest absolute Gasteiger partial charge is 0.497 e. The highest BCUT2D eigenvalue weighted by Gasteiger charge is 2.17. The summed E-state index contributed by atoms with van der Waals surface area (Å²) in [5, 5.41) is 22.9. The molecule has 0 bridgehead atoms. The molecule has 0 fully saturated rings. The average molecular weight is 489 g/mol. The van der Waals surface area contributed by atoms with Crippen molar-refractivity contribution in [2.24, 2.45) is 0 Å². The van der Waals surface area contributed by atoms with E-state index in [2.05, 4.69) is 5.32 Å². The molecule has 184 valence electrons. The lowest BCUT2D eigenvalue weighted by atomic mass is 10.1. The summed E-state index contributed by atoms with van der Waals surface area (Å²) in [6.45, 7) is 4.77. The predicted octanol–water partition coefficient (Wildman–Crippen LogP) is 4.41. The first-order valence-corrected chi connectivity index (χ1v) is 10.8. The number of esters is 1. The highest BCUT2D eigenvalue weighted by atomic mass is 16.6. The van der Waals surface area contributed by atoms with Gasteiger partial charge in [-0.1, -0.05) is 6.07 Å². The van der Waals surface area contributed by atoms with Crippen molar-refractivity contribution in [3.63, 3.8) is 0 Å². The summed E-state index contributed by atoms with van der Waals surface area (Å²) in [4.78, 5) is 35.1. The number of non-ortho nitro benzene ring substituents is 1. The Bertz CT molecular complexity index is 1400. The molecule has 0 unspecified atom stereocenters. The number of methoxy groups -OCH3 is 1. The number of benzene rings is 2. The molecular formula is C26H24N4O6. The summed E-state index contributed by atoms with van der Waals surface area (Å²) in [5.41, 5.74) is 3.60. The van der Waals surface area contributed by atoms with Gasteiger partial charge in [-0.3, -0.25) is 14.9 Å². The van der Waals surface area contributed by atoms with Gasteiger partial charge in [0.25, 0.3) is 11.6 Å². The van der Waals surface area contributed by atoms with Crippen molar-refractivity contribution in [1.29, 1.82) is 5.26 Å². The lowest BCUT2D eigenvalue weighted by Crippen LogP contribution is -2.21. The van der Waals surface area contributed by atoms with Crippen molar-refractivity contribution < 1.29 is 24.0 Å². The lowest BCUT2D eigenvalue weighted by molar-refractivity contribution is -0.384. The average Bonchev–Trinajstić information content (AvgIpc) is 3.14. The highest BCUT2D eigenvalue weighted by molar-refractivity contribution is 6.00. The van der Waals surface area contributed by atoms with Crippen molar-refractivity contribution in [3.8, 4) is 17.5 Å². The van der Waals surface area contributed by atoms with E-state index in [1.807, 2.05) is 54.8 Å². The Balaban J connectivity index is 1.72. The Morgan fingerprint density at radius 1 is 1.14 bits per heavy atom. The number of nitrogens with one attached hydrogen (secondary N) is 1. The number of carbonyl (C=O) groups excluding carboxylic acids is 2. The van der Waals surface area contributed by atoms with Gasteiger partial charge in [-0.2, -0.15) is 5.26 Å². The van der Waals surface area contributed by atoms with Gasteiger partial charge >= 0.3 is 5.97 Å². The van der Waals surface area contributed by atoms with Crippen LogP contribution in [0.2, 0.25) is 0 Å². The molecule has 0 atom stereocenters. The van der Waals surface area contributed by atoms with Crippen LogP contribution in [0.1, 0.15) is 22.5 Å². The Labute approximate surface area is 207 Å². The van der Waals surface area contributed by atoms with Gasteiger partial charge < -0.3 is 19.4 Å². The minimum Gasteiger partial charge on any atom is -0.497 e. The van der Waals surface area contributed by atoms with Crippen molar-refractivity contribution in [2.45, 2.75) is 20.8 Å². The van der Waals surface area contributed by atoms with Gasteiger partial charge in [0.1, 0.15) is 17.4 Å². The third kappa shape index (κ3) is 5.77. The van der Waals surface area contributed by atoms with Gasteiger partial charge in [-0.25, -0.2) is 4.79 Å². The molecule has 0 saturated carbocycles. The number of carbonyl (C=O) groups is 2. The second-order valence-corrected chi connectivity index (χ2v) is 7.91. The van der Waals surface area contributed by atoms with Crippen LogP contribution < -0.4 is 10.1 Å². The van der Waals surface area contributed by atoms with E-state index >= 15 is 0 Å². The first-order valence-electron chi connectivity index (χ1n) is 10.8. The van der Waals surface area contributed by atoms with Crippen LogP contribution >= 0.6 is 0 Å². The number of rotatable bonds is 8. The molecule has 0 aliphatic rings. The number of aryl methyl sites for hydroxylation is 2. The minimum atomic E-state index is -0.960. The van der Waals surface area contributed by atoms with Crippen molar-refractivity contribution in [1.82, 2.24) is 4.57 Å². The first kappa shape index (κ1) is 25.7. The fraction of sp³-hybridized carbons (Fsp3) is 0.192. The lowest BCUT2D eigenvalue weighted by Gasteiger charge is -2.10. The number of hydrogen-bond donors (Lipinski definition) is 1. The SMILES string of the molecule is COc1ccc(-n2c(C)cc(/C=C(\C#N)C(=O)OCC(=O)Nc3cc([N+](=O)[O-])ccc3C)c2C)cc1. The number of anilines is 1. The molecule has 10 heteroatoms. The Morgan fingerprint density at radius 2 is 1.83 bits per heavy atom. The monoisotopic (exact) mass is 488 g/mol. The maximum absolute atomic E-state index is 12.5. The molecule has 1 amide bonds. The molecule has 10 nitrogen and oxygen atoms in total. The standard InChI is InChI=1S/C26H24N4O6/c1-16-5-6-22(30(33)34)13-24(16)28-25(31)15-36-26(32)20(14-27)12-19-11-17(2)29(18(19)3)21-7-9-23(35-4)10-8-21/h5-13H,15H2,1-4H3,(H,28,31)/b20-12+. The summed E-state index contributed by atoms with van der Waals surface area (Å²) in [7, 11) is 1.59. The van der Waals surface area contributed by atoms with Gasteiger partial charge in [0.15, 0.2) is 6.61 Å². The summed E-state index contributed by atoms with van der Waals surface area (Å²) in [5.74, 6) is -0.930. The highest BCUT2D eigenvalue weighted by Crippen LogP contribution is 2.25. The van der Waals surface area contributed by atoms with Crippen LogP contribution in [0.15, 0.2) is 54.1 Å². The zero-order valence-corrected chi connectivity index (χ0v) is 20.2. The van der Waals surface area contributed by atoms with E-state index in [1.165, 1.54) is 24.3 Å². The number of amides is 1. The molecule has 1 aromatic heterocycles. The second kappa shape index (κ2) is 11.0. The molecule has 3 aromatic rings. The van der Waals surface area contributed by atoms with Gasteiger partial charge in [0.2, 0.25) is 0 Å². The fourth-order valence-corrected chi connectivity index (χ4v) is 3.61. The fourth-order valence-electron chi connectivity index (χ4n) is 3.61. The van der Waals surface area contributed by atoms with Crippen LogP contribution in [-0.4, -0.2) is 35.1 Å². The zero-order valence-electron chi connectivity index (χ0n) is 20.2. The molecule has 1 N–H and O–H groups in total. The maximum atomic E-state index is 12.5. The third-order valence-electron chi connectivity index (χ3n) is 5.48. The Morgan fingerprint density at radius 3 is 2.44 bits per heavy atom. The normalized spacial score (nSPS) is 10.9. The molecule has 0 radical (unpaired) electrons. The van der Waals surface area contributed by atoms with Crippen LogP contribution in [0.3, 0.4) is 0 Å². The number of nitriles is 1. The number of nitrogens with zero attached hydrogens (tertiary/aromatic N) is 3. The number of ether oxygens (including phenoxy) is 2. The van der Waals surface area contributed by atoms with Gasteiger partial charge in [-0.15, -0.1) is 0 Å². The van der Waals surface area contributed by atoms with E-state index in [0.717, 1.165) is 22.8 Å². The molecule has 0 aliphatic heterocycles. The number of hydrogen-bond acceptors (Lipinski definition) is 7. The molecule has 0 spiro atoms. The van der Waals surface area contributed by atoms with E-state index in [4.69, 9.17) is 9.47 Å². The molecule has 0 aliphatic carbocycles. The maximum Gasteiger partial charge on any atom is 0.349 e. The molecular weight excluding hydrogens is 464 g/mol. The summed E-state index contributed by atoms with van der Waals surface area (Å²) < 4.78 is 12.2. The number of nitro groups is 1. The van der Waals surface area contributed by atoms with Crippen LogP contribution in [-0.2, 0) is 14.3 Å². The number of nitro benzene ring substituents is 1. The molecule has 36 heavy (non-hydrogen) atoms. The van der Waals surface area contributed by atoms with E-state index in [-0.39, 0.29) is 16.9 Å². The van der Waals surface area contributed by atoms with E-state index in [1.54, 1.807) is 14.0 Å². The quantitative estimate of drug-likeness (QED) is 0.163. The van der Waals surface area contributed by atoms with Crippen molar-refractivity contribution in [3.05, 3.63) is 86.7 Å².